The van der Waals surface area contributed by atoms with Crippen molar-refractivity contribution in [3.63, 3.8) is 0 Å². The molecule has 1 aromatic rings. The van der Waals surface area contributed by atoms with Crippen LogP contribution in [0.2, 0.25) is 0 Å². The maximum Gasteiger partial charge on any atom is 0.296 e. The fourth-order valence-corrected chi connectivity index (χ4v) is 1.60. The summed E-state index contributed by atoms with van der Waals surface area (Å²) in [6.45, 7) is 2.26. The summed E-state index contributed by atoms with van der Waals surface area (Å²) in [4.78, 5) is 10.4. The van der Waals surface area contributed by atoms with E-state index in [-0.39, 0.29) is 5.69 Å². The lowest BCUT2D eigenvalue weighted by atomic mass is 10.2. The second-order valence-electron chi connectivity index (χ2n) is 3.96. The van der Waals surface area contributed by atoms with Crippen LogP contribution in [0.25, 0.3) is 0 Å². The van der Waals surface area contributed by atoms with E-state index < -0.39 is 11.0 Å². The third kappa shape index (κ3) is 3.89. The van der Waals surface area contributed by atoms with Crippen LogP contribution in [-0.4, -0.2) is 29.8 Å². The Morgan fingerprint density at radius 1 is 1.56 bits per heavy atom. The van der Waals surface area contributed by atoms with Crippen molar-refractivity contribution in [2.75, 3.05) is 19.0 Å². The molecule has 0 aliphatic carbocycles. The second-order valence-corrected chi connectivity index (χ2v) is 3.96. The maximum atomic E-state index is 10.9. The van der Waals surface area contributed by atoms with Crippen LogP contribution in [0.15, 0.2) is 18.2 Å². The number of rotatable bonds is 7. The topological polar surface area (TPSA) is 84.6 Å². The Hall–Kier alpha value is -1.82. The molecule has 0 amide bonds. The van der Waals surface area contributed by atoms with Gasteiger partial charge in [0, 0.05) is 6.54 Å². The summed E-state index contributed by atoms with van der Waals surface area (Å²) < 4.78 is 4.94. The van der Waals surface area contributed by atoms with E-state index in [1.165, 1.54) is 13.2 Å². The molecule has 0 fully saturated rings. The van der Waals surface area contributed by atoms with Gasteiger partial charge < -0.3 is 15.2 Å². The molecule has 18 heavy (non-hydrogen) atoms. The molecule has 0 spiro atoms. The molecule has 1 rings (SSSR count). The SMILES string of the molecule is CCCC(O)CNc1ccc(OC)cc1[N+](=O)[O-]. The summed E-state index contributed by atoms with van der Waals surface area (Å²) in [6.07, 6.45) is 1.03. The van der Waals surface area contributed by atoms with E-state index in [1.54, 1.807) is 12.1 Å². The largest absolute Gasteiger partial charge is 0.496 e. The summed E-state index contributed by atoms with van der Waals surface area (Å²) in [5.74, 6) is 0.432. The number of aliphatic hydroxyl groups excluding tert-OH is 1. The number of nitrogens with one attached hydrogen (secondary N) is 1. The lowest BCUT2D eigenvalue weighted by Crippen LogP contribution is -2.19. The first-order valence-corrected chi connectivity index (χ1v) is 5.82. The van der Waals surface area contributed by atoms with Gasteiger partial charge in [-0.15, -0.1) is 0 Å². The molecule has 6 heteroatoms. The van der Waals surface area contributed by atoms with E-state index in [4.69, 9.17) is 4.74 Å². The van der Waals surface area contributed by atoms with Gasteiger partial charge in [0.1, 0.15) is 11.4 Å². The van der Waals surface area contributed by atoms with Crippen molar-refractivity contribution >= 4 is 11.4 Å². The number of nitrogens with zero attached hydrogens (tertiary/aromatic N) is 1. The summed E-state index contributed by atoms with van der Waals surface area (Å²) in [7, 11) is 1.46. The summed E-state index contributed by atoms with van der Waals surface area (Å²) in [5, 5.41) is 23.4. The van der Waals surface area contributed by atoms with Crippen molar-refractivity contribution < 1.29 is 14.8 Å². The first-order chi connectivity index (χ1) is 8.58. The molecule has 0 saturated carbocycles. The number of hydrogen-bond acceptors (Lipinski definition) is 5. The molecule has 0 aliphatic rings. The average Bonchev–Trinajstić information content (AvgIpc) is 2.36. The van der Waals surface area contributed by atoms with Gasteiger partial charge in [-0.2, -0.15) is 0 Å². The van der Waals surface area contributed by atoms with Crippen LogP contribution < -0.4 is 10.1 Å². The van der Waals surface area contributed by atoms with Crippen LogP contribution in [0.1, 0.15) is 19.8 Å². The van der Waals surface area contributed by atoms with Gasteiger partial charge in [0.05, 0.1) is 24.2 Å². The van der Waals surface area contributed by atoms with Crippen LogP contribution in [0.5, 0.6) is 5.75 Å². The van der Waals surface area contributed by atoms with Crippen LogP contribution in [0, 0.1) is 10.1 Å². The molecule has 0 aromatic heterocycles. The standard InChI is InChI=1S/C12H18N2O4/c1-3-4-9(15)8-13-11-6-5-10(18-2)7-12(11)14(16)17/h5-7,9,13,15H,3-4,8H2,1-2H3. The number of nitro benzene ring substituents is 1. The zero-order chi connectivity index (χ0) is 13.5. The fourth-order valence-electron chi connectivity index (χ4n) is 1.60. The van der Waals surface area contributed by atoms with E-state index in [1.807, 2.05) is 6.92 Å². The first kappa shape index (κ1) is 14.2. The van der Waals surface area contributed by atoms with Gasteiger partial charge >= 0.3 is 0 Å². The van der Waals surface area contributed by atoms with E-state index in [0.717, 1.165) is 6.42 Å². The number of hydrogen-bond donors (Lipinski definition) is 2. The zero-order valence-electron chi connectivity index (χ0n) is 10.5. The van der Waals surface area contributed by atoms with E-state index >= 15 is 0 Å². The molecule has 1 aromatic carbocycles. The lowest BCUT2D eigenvalue weighted by molar-refractivity contribution is -0.384. The summed E-state index contributed by atoms with van der Waals surface area (Å²) in [6, 6.07) is 4.58. The van der Waals surface area contributed by atoms with Crippen molar-refractivity contribution in [1.82, 2.24) is 0 Å². The van der Waals surface area contributed by atoms with Gasteiger partial charge in [0.15, 0.2) is 0 Å². The Labute approximate surface area is 106 Å². The third-order valence-electron chi connectivity index (χ3n) is 2.55. The fraction of sp³-hybridized carbons (Fsp3) is 0.500. The highest BCUT2D eigenvalue weighted by atomic mass is 16.6. The molecular formula is C12H18N2O4. The minimum absolute atomic E-state index is 0.0574. The Balaban J connectivity index is 2.78. The molecule has 1 atom stereocenters. The molecular weight excluding hydrogens is 236 g/mol. The number of benzene rings is 1. The van der Waals surface area contributed by atoms with Crippen LogP contribution in [0.4, 0.5) is 11.4 Å². The third-order valence-corrected chi connectivity index (χ3v) is 2.55. The predicted molar refractivity (Wildman–Crippen MR) is 69.1 cm³/mol. The molecule has 0 bridgehead atoms. The van der Waals surface area contributed by atoms with Gasteiger partial charge in [0.2, 0.25) is 0 Å². The number of ether oxygens (including phenoxy) is 1. The molecule has 0 saturated heterocycles. The predicted octanol–water partition coefficient (Wildman–Crippen LogP) is 2.18. The minimum atomic E-state index is -0.503. The molecule has 0 radical (unpaired) electrons. The van der Waals surface area contributed by atoms with Crippen LogP contribution >= 0.6 is 0 Å². The van der Waals surface area contributed by atoms with E-state index in [2.05, 4.69) is 5.32 Å². The molecule has 6 nitrogen and oxygen atoms in total. The number of anilines is 1. The molecule has 0 heterocycles. The Kier molecular flexibility index (Phi) is 5.38. The Bertz CT molecular complexity index is 409. The van der Waals surface area contributed by atoms with Gasteiger partial charge in [-0.05, 0) is 18.6 Å². The Morgan fingerprint density at radius 3 is 2.83 bits per heavy atom. The quantitative estimate of drug-likeness (QED) is 0.575. The number of aliphatic hydroxyl groups is 1. The van der Waals surface area contributed by atoms with Crippen molar-refractivity contribution in [3.05, 3.63) is 28.3 Å². The highest BCUT2D eigenvalue weighted by Gasteiger charge is 2.15. The molecule has 0 aliphatic heterocycles. The molecule has 100 valence electrons. The van der Waals surface area contributed by atoms with E-state index in [9.17, 15) is 15.2 Å². The smallest absolute Gasteiger partial charge is 0.296 e. The lowest BCUT2D eigenvalue weighted by Gasteiger charge is -2.12. The van der Waals surface area contributed by atoms with Gasteiger partial charge in [-0.1, -0.05) is 13.3 Å². The average molecular weight is 254 g/mol. The van der Waals surface area contributed by atoms with Crippen LogP contribution in [0.3, 0.4) is 0 Å². The monoisotopic (exact) mass is 254 g/mol. The van der Waals surface area contributed by atoms with Gasteiger partial charge in [-0.3, -0.25) is 10.1 Å². The molecule has 2 N–H and O–H groups in total. The van der Waals surface area contributed by atoms with Gasteiger partial charge in [-0.25, -0.2) is 0 Å². The van der Waals surface area contributed by atoms with Crippen molar-refractivity contribution in [3.8, 4) is 5.75 Å². The highest BCUT2D eigenvalue weighted by molar-refractivity contribution is 5.63. The van der Waals surface area contributed by atoms with E-state index in [0.29, 0.717) is 24.4 Å². The van der Waals surface area contributed by atoms with Crippen LogP contribution in [-0.2, 0) is 0 Å². The van der Waals surface area contributed by atoms with Crippen molar-refractivity contribution in [2.45, 2.75) is 25.9 Å². The maximum absolute atomic E-state index is 10.9. The van der Waals surface area contributed by atoms with Gasteiger partial charge in [0.25, 0.3) is 5.69 Å². The second kappa shape index (κ2) is 6.80. The Morgan fingerprint density at radius 2 is 2.28 bits per heavy atom. The van der Waals surface area contributed by atoms with Crippen molar-refractivity contribution in [2.24, 2.45) is 0 Å². The summed E-state index contributed by atoms with van der Waals surface area (Å²) >= 11 is 0. The molecule has 1 unspecified atom stereocenters. The zero-order valence-corrected chi connectivity index (χ0v) is 10.5. The summed E-state index contributed by atoms with van der Waals surface area (Å²) in [5.41, 5.74) is 0.328. The highest BCUT2D eigenvalue weighted by Crippen LogP contribution is 2.28. The minimum Gasteiger partial charge on any atom is -0.496 e. The van der Waals surface area contributed by atoms with Crippen molar-refractivity contribution in [1.29, 1.82) is 0 Å². The number of methoxy groups -OCH3 is 1. The first-order valence-electron chi connectivity index (χ1n) is 5.82. The normalized spacial score (nSPS) is 11.9. The number of nitro groups is 1.